The molecular formula is C28H31N3. The minimum Gasteiger partial charge on any atom is -0.358 e. The van der Waals surface area contributed by atoms with Crippen LogP contribution in [0, 0.1) is 0 Å². The van der Waals surface area contributed by atoms with E-state index in [1.165, 1.54) is 53.4 Å². The Labute approximate surface area is 185 Å². The largest absolute Gasteiger partial charge is 0.358 e. The van der Waals surface area contributed by atoms with Crippen LogP contribution in [-0.2, 0) is 12.0 Å². The van der Waals surface area contributed by atoms with E-state index in [1.54, 1.807) is 0 Å². The molecule has 0 bridgehead atoms. The summed E-state index contributed by atoms with van der Waals surface area (Å²) in [6, 6.07) is 26.0. The van der Waals surface area contributed by atoms with Crippen molar-refractivity contribution in [1.29, 1.82) is 0 Å². The first-order valence-electron chi connectivity index (χ1n) is 11.4. The Balaban J connectivity index is 1.48. The third-order valence-electron chi connectivity index (χ3n) is 7.32. The SMILES string of the molecule is CN(C)C1(c2ccccc2)CCC(c2[nH]c3ccccc3c2Cc2ccccn2)CC1. The maximum absolute atomic E-state index is 4.61. The quantitative estimate of drug-likeness (QED) is 0.421. The number of para-hydroxylation sites is 1. The summed E-state index contributed by atoms with van der Waals surface area (Å²) in [5, 5.41) is 1.34. The monoisotopic (exact) mass is 409 g/mol. The molecule has 0 aliphatic heterocycles. The van der Waals surface area contributed by atoms with Gasteiger partial charge in [0.1, 0.15) is 0 Å². The highest BCUT2D eigenvalue weighted by Crippen LogP contribution is 2.47. The van der Waals surface area contributed by atoms with Crippen LogP contribution < -0.4 is 0 Å². The highest BCUT2D eigenvalue weighted by atomic mass is 15.1. The van der Waals surface area contributed by atoms with Crippen LogP contribution in [0.2, 0.25) is 0 Å². The molecule has 0 amide bonds. The van der Waals surface area contributed by atoms with Crippen molar-refractivity contribution in [2.75, 3.05) is 14.1 Å². The molecule has 1 aliphatic rings. The second kappa shape index (κ2) is 8.32. The van der Waals surface area contributed by atoms with Gasteiger partial charge in [0, 0.05) is 40.4 Å². The molecule has 2 heterocycles. The zero-order valence-corrected chi connectivity index (χ0v) is 18.5. The second-order valence-corrected chi connectivity index (χ2v) is 9.13. The molecule has 158 valence electrons. The molecule has 31 heavy (non-hydrogen) atoms. The summed E-state index contributed by atoms with van der Waals surface area (Å²) in [7, 11) is 4.48. The van der Waals surface area contributed by atoms with Crippen LogP contribution >= 0.6 is 0 Å². The smallest absolute Gasteiger partial charge is 0.0459 e. The lowest BCUT2D eigenvalue weighted by Gasteiger charge is -2.45. The molecule has 0 atom stereocenters. The zero-order valence-electron chi connectivity index (χ0n) is 18.5. The first-order chi connectivity index (χ1) is 15.2. The Bertz CT molecular complexity index is 1140. The number of aromatic amines is 1. The van der Waals surface area contributed by atoms with Gasteiger partial charge in [-0.3, -0.25) is 9.88 Å². The van der Waals surface area contributed by atoms with Gasteiger partial charge in [-0.1, -0.05) is 54.6 Å². The van der Waals surface area contributed by atoms with Gasteiger partial charge in [0.2, 0.25) is 0 Å². The summed E-state index contributed by atoms with van der Waals surface area (Å²) in [5.41, 5.74) is 6.81. The molecule has 3 nitrogen and oxygen atoms in total. The Morgan fingerprint density at radius 2 is 1.61 bits per heavy atom. The minimum atomic E-state index is 0.130. The molecule has 4 aromatic rings. The highest BCUT2D eigenvalue weighted by Gasteiger charge is 2.39. The summed E-state index contributed by atoms with van der Waals surface area (Å²) in [6.45, 7) is 0. The van der Waals surface area contributed by atoms with Crippen LogP contribution in [-0.4, -0.2) is 29.0 Å². The van der Waals surface area contributed by atoms with Gasteiger partial charge in [-0.2, -0.15) is 0 Å². The number of hydrogen-bond donors (Lipinski definition) is 1. The van der Waals surface area contributed by atoms with E-state index in [4.69, 9.17) is 0 Å². The van der Waals surface area contributed by atoms with E-state index in [9.17, 15) is 0 Å². The maximum Gasteiger partial charge on any atom is 0.0459 e. The Morgan fingerprint density at radius 1 is 0.903 bits per heavy atom. The van der Waals surface area contributed by atoms with Crippen LogP contribution in [0.5, 0.6) is 0 Å². The Morgan fingerprint density at radius 3 is 2.32 bits per heavy atom. The molecule has 5 rings (SSSR count). The molecule has 1 fully saturated rings. The van der Waals surface area contributed by atoms with Crippen molar-refractivity contribution in [3.8, 4) is 0 Å². The van der Waals surface area contributed by atoms with Crippen molar-refractivity contribution in [1.82, 2.24) is 14.9 Å². The van der Waals surface area contributed by atoms with Gasteiger partial charge in [-0.25, -0.2) is 0 Å². The number of fused-ring (bicyclic) bond motifs is 1. The number of pyridine rings is 1. The van der Waals surface area contributed by atoms with Crippen molar-refractivity contribution < 1.29 is 0 Å². The van der Waals surface area contributed by atoms with E-state index in [0.717, 1.165) is 12.1 Å². The molecule has 2 aromatic carbocycles. The Hall–Kier alpha value is -2.91. The fraction of sp³-hybridized carbons (Fsp3) is 0.321. The number of hydrogen-bond acceptors (Lipinski definition) is 2. The molecule has 1 N–H and O–H groups in total. The topological polar surface area (TPSA) is 31.9 Å². The normalized spacial score (nSPS) is 21.6. The lowest BCUT2D eigenvalue weighted by atomic mass is 9.70. The number of rotatable bonds is 5. The lowest BCUT2D eigenvalue weighted by Crippen LogP contribution is -2.44. The summed E-state index contributed by atoms with van der Waals surface area (Å²) < 4.78 is 0. The van der Waals surface area contributed by atoms with Crippen LogP contribution in [0.25, 0.3) is 10.9 Å². The van der Waals surface area contributed by atoms with Crippen LogP contribution in [0.1, 0.15) is 54.1 Å². The Kier molecular flexibility index (Phi) is 5.37. The fourth-order valence-corrected chi connectivity index (χ4v) is 5.57. The third-order valence-corrected chi connectivity index (χ3v) is 7.32. The molecule has 2 aromatic heterocycles. The van der Waals surface area contributed by atoms with Crippen molar-refractivity contribution in [3.05, 3.63) is 102 Å². The molecule has 1 saturated carbocycles. The highest BCUT2D eigenvalue weighted by molar-refractivity contribution is 5.85. The van der Waals surface area contributed by atoms with E-state index in [1.807, 2.05) is 12.3 Å². The van der Waals surface area contributed by atoms with E-state index in [-0.39, 0.29) is 5.54 Å². The first kappa shape index (κ1) is 20.0. The molecule has 1 aliphatic carbocycles. The predicted molar refractivity (Wildman–Crippen MR) is 128 cm³/mol. The first-order valence-corrected chi connectivity index (χ1v) is 11.4. The summed E-state index contributed by atoms with van der Waals surface area (Å²) in [4.78, 5) is 10.9. The van der Waals surface area contributed by atoms with Crippen LogP contribution in [0.15, 0.2) is 79.0 Å². The van der Waals surface area contributed by atoms with Gasteiger partial charge in [0.15, 0.2) is 0 Å². The van der Waals surface area contributed by atoms with Gasteiger partial charge in [-0.15, -0.1) is 0 Å². The van der Waals surface area contributed by atoms with Gasteiger partial charge in [0.05, 0.1) is 0 Å². The molecule has 3 heteroatoms. The summed E-state index contributed by atoms with van der Waals surface area (Å²) >= 11 is 0. The number of nitrogens with zero attached hydrogens (tertiary/aromatic N) is 2. The number of H-pyrrole nitrogens is 1. The number of nitrogens with one attached hydrogen (secondary N) is 1. The zero-order chi connectivity index (χ0) is 21.3. The van der Waals surface area contributed by atoms with Crippen molar-refractivity contribution in [3.63, 3.8) is 0 Å². The minimum absolute atomic E-state index is 0.130. The summed E-state index contributed by atoms with van der Waals surface area (Å²) in [6.07, 6.45) is 7.51. The molecular weight excluding hydrogens is 378 g/mol. The van der Waals surface area contributed by atoms with Crippen LogP contribution in [0.3, 0.4) is 0 Å². The van der Waals surface area contributed by atoms with Crippen molar-refractivity contribution in [2.24, 2.45) is 0 Å². The third kappa shape index (κ3) is 3.68. The van der Waals surface area contributed by atoms with Gasteiger partial charge < -0.3 is 4.98 Å². The fourth-order valence-electron chi connectivity index (χ4n) is 5.57. The van der Waals surface area contributed by atoms with E-state index in [0.29, 0.717) is 5.92 Å². The van der Waals surface area contributed by atoms with E-state index >= 15 is 0 Å². The second-order valence-electron chi connectivity index (χ2n) is 9.13. The average molecular weight is 410 g/mol. The average Bonchev–Trinajstić information content (AvgIpc) is 3.18. The van der Waals surface area contributed by atoms with Gasteiger partial charge in [0.25, 0.3) is 0 Å². The predicted octanol–water partition coefficient (Wildman–Crippen LogP) is 6.27. The van der Waals surface area contributed by atoms with Crippen molar-refractivity contribution in [2.45, 2.75) is 43.6 Å². The maximum atomic E-state index is 4.61. The van der Waals surface area contributed by atoms with E-state index < -0.39 is 0 Å². The van der Waals surface area contributed by atoms with Gasteiger partial charge in [-0.05, 0) is 75.0 Å². The van der Waals surface area contributed by atoms with Crippen molar-refractivity contribution >= 4 is 10.9 Å². The van der Waals surface area contributed by atoms with Crippen LogP contribution in [0.4, 0.5) is 0 Å². The number of aromatic nitrogens is 2. The summed E-state index contributed by atoms with van der Waals surface area (Å²) in [5.74, 6) is 0.558. The number of benzene rings is 2. The molecule has 0 saturated heterocycles. The standard InChI is InChI=1S/C28H31N3/c1-31(2)28(22-10-4-3-5-11-22)17-15-21(16-18-28)27-25(20-23-12-8-9-19-29-23)24-13-6-7-14-26(24)30-27/h3-14,19,21,30H,15-18,20H2,1-2H3. The molecule has 0 radical (unpaired) electrons. The lowest BCUT2D eigenvalue weighted by molar-refractivity contribution is 0.0903. The van der Waals surface area contributed by atoms with E-state index in [2.05, 4.69) is 95.7 Å². The van der Waals surface area contributed by atoms with Gasteiger partial charge >= 0.3 is 0 Å². The molecule has 0 unspecified atom stereocenters. The molecule has 0 spiro atoms.